The SMILES string of the molecule is CC.CCCC(CCC)Nc1ncc(C(F)(F)F)c(-c2cn(-c3ccc(OC[C@@H]4CCCN4C)cc3F)c(C)n2)n1.[HH]. The molecule has 0 radical (unpaired) electrons. The zero-order valence-electron chi connectivity index (χ0n) is 24.9. The van der Waals surface area contributed by atoms with Crippen LogP contribution in [0.15, 0.2) is 30.6 Å². The average molecular weight is 581 g/mol. The molecule has 0 unspecified atom stereocenters. The average Bonchev–Trinajstić information content (AvgIpc) is 3.53. The molecule has 3 aromatic rings. The quantitative estimate of drug-likeness (QED) is 0.232. The topological polar surface area (TPSA) is 68.1 Å². The van der Waals surface area contributed by atoms with Crippen LogP contribution in [0.5, 0.6) is 5.75 Å². The number of nitrogens with one attached hydrogen (secondary N) is 1. The number of aromatic nitrogens is 4. The van der Waals surface area contributed by atoms with Gasteiger partial charge in [-0.05, 0) is 58.3 Å². The molecule has 0 aliphatic carbocycles. The fourth-order valence-electron chi connectivity index (χ4n) is 5.01. The summed E-state index contributed by atoms with van der Waals surface area (Å²) in [5.74, 6) is 0.260. The van der Waals surface area contributed by atoms with Gasteiger partial charge in [-0.15, -0.1) is 0 Å². The lowest BCUT2D eigenvalue weighted by molar-refractivity contribution is -0.137. The van der Waals surface area contributed by atoms with Gasteiger partial charge < -0.3 is 19.5 Å². The van der Waals surface area contributed by atoms with Crippen LogP contribution in [-0.2, 0) is 6.18 Å². The van der Waals surface area contributed by atoms with Crippen molar-refractivity contribution in [2.75, 3.05) is 25.5 Å². The van der Waals surface area contributed by atoms with Gasteiger partial charge in [0, 0.05) is 32.0 Å². The molecule has 1 atom stereocenters. The predicted molar refractivity (Wildman–Crippen MR) is 156 cm³/mol. The molecular formula is C30H44F4N6O. The fourth-order valence-corrected chi connectivity index (χ4v) is 5.01. The van der Waals surface area contributed by atoms with Crippen molar-refractivity contribution in [3.05, 3.63) is 47.8 Å². The molecular weight excluding hydrogens is 536 g/mol. The summed E-state index contributed by atoms with van der Waals surface area (Å²) in [6, 6.07) is 4.83. The molecule has 228 valence electrons. The van der Waals surface area contributed by atoms with E-state index in [1.807, 2.05) is 34.7 Å². The van der Waals surface area contributed by atoms with Crippen LogP contribution in [0.1, 0.15) is 79.0 Å². The number of ether oxygens (including phenoxy) is 1. The number of likely N-dealkylation sites (N-methyl/N-ethyl adjacent to an activating group) is 1. The van der Waals surface area contributed by atoms with Crippen molar-refractivity contribution >= 4 is 5.95 Å². The lowest BCUT2D eigenvalue weighted by Crippen LogP contribution is -2.30. The summed E-state index contributed by atoms with van der Waals surface area (Å²) < 4.78 is 64.1. The van der Waals surface area contributed by atoms with E-state index in [-0.39, 0.29) is 30.5 Å². The van der Waals surface area contributed by atoms with E-state index in [0.29, 0.717) is 24.2 Å². The van der Waals surface area contributed by atoms with Crippen molar-refractivity contribution in [3.8, 4) is 22.8 Å². The first-order chi connectivity index (χ1) is 19.6. The van der Waals surface area contributed by atoms with Gasteiger partial charge in [0.2, 0.25) is 5.95 Å². The van der Waals surface area contributed by atoms with E-state index in [2.05, 4.69) is 25.2 Å². The number of imidazole rings is 1. The molecule has 1 aliphatic rings. The molecule has 2 aromatic heterocycles. The standard InChI is InChI=1S/C28H36F4N6O.C2H6.H2/c1-5-8-19(9-6-2)35-27-33-15-22(28(30,31)32)26(36-27)24-16-38(18(3)34-24)25-12-11-21(14-23(25)29)39-17-20-10-7-13-37(20)4;1-2;/h11-12,14-16,19-20H,5-10,13,17H2,1-4H3,(H,33,35,36);1-2H3;1H/t20-;;/m0../s1. The highest BCUT2D eigenvalue weighted by Gasteiger charge is 2.36. The summed E-state index contributed by atoms with van der Waals surface area (Å²) in [5.41, 5.74) is -1.21. The number of aryl methyl sites for hydroxylation is 1. The summed E-state index contributed by atoms with van der Waals surface area (Å²) >= 11 is 0. The maximum Gasteiger partial charge on any atom is 0.420 e. The summed E-state index contributed by atoms with van der Waals surface area (Å²) in [4.78, 5) is 14.7. The summed E-state index contributed by atoms with van der Waals surface area (Å²) in [6.07, 6.45) is 3.14. The molecule has 41 heavy (non-hydrogen) atoms. The molecule has 4 rings (SSSR count). The zero-order valence-corrected chi connectivity index (χ0v) is 24.9. The molecule has 7 nitrogen and oxygen atoms in total. The number of halogens is 4. The molecule has 1 fully saturated rings. The zero-order chi connectivity index (χ0) is 30.2. The van der Waals surface area contributed by atoms with E-state index in [4.69, 9.17) is 4.74 Å². The third-order valence-corrected chi connectivity index (χ3v) is 7.12. The molecule has 1 saturated heterocycles. The maximum absolute atomic E-state index is 15.2. The second-order valence-electron chi connectivity index (χ2n) is 10.1. The molecule has 0 amide bonds. The van der Waals surface area contributed by atoms with E-state index in [9.17, 15) is 13.2 Å². The molecule has 1 N–H and O–H groups in total. The van der Waals surface area contributed by atoms with Crippen molar-refractivity contribution in [2.45, 2.75) is 91.4 Å². The molecule has 3 heterocycles. The highest BCUT2D eigenvalue weighted by atomic mass is 19.4. The van der Waals surface area contributed by atoms with Crippen LogP contribution < -0.4 is 10.1 Å². The van der Waals surface area contributed by atoms with E-state index in [1.165, 1.54) is 16.8 Å². The highest BCUT2D eigenvalue weighted by Crippen LogP contribution is 2.36. The molecule has 0 bridgehead atoms. The summed E-state index contributed by atoms with van der Waals surface area (Å²) in [7, 11) is 2.04. The predicted octanol–water partition coefficient (Wildman–Crippen LogP) is 7.92. The van der Waals surface area contributed by atoms with Crippen LogP contribution >= 0.6 is 0 Å². The highest BCUT2D eigenvalue weighted by molar-refractivity contribution is 5.62. The number of rotatable bonds is 11. The van der Waals surface area contributed by atoms with Gasteiger partial charge in [0.05, 0.1) is 5.69 Å². The van der Waals surface area contributed by atoms with Crippen molar-refractivity contribution < 1.29 is 23.7 Å². The molecule has 0 saturated carbocycles. The number of benzene rings is 1. The lowest BCUT2D eigenvalue weighted by Gasteiger charge is -2.19. The van der Waals surface area contributed by atoms with Crippen LogP contribution in [-0.4, -0.2) is 56.7 Å². The third-order valence-electron chi connectivity index (χ3n) is 7.12. The lowest BCUT2D eigenvalue weighted by atomic mass is 10.1. The Morgan fingerprint density at radius 1 is 1.15 bits per heavy atom. The van der Waals surface area contributed by atoms with E-state index >= 15 is 4.39 Å². The van der Waals surface area contributed by atoms with Crippen LogP contribution in [0.4, 0.5) is 23.5 Å². The first-order valence-electron chi connectivity index (χ1n) is 14.5. The Bertz CT molecular complexity index is 1260. The second-order valence-corrected chi connectivity index (χ2v) is 10.1. The Kier molecular flexibility index (Phi) is 11.5. The van der Waals surface area contributed by atoms with Gasteiger partial charge in [-0.3, -0.25) is 0 Å². The Morgan fingerprint density at radius 3 is 2.44 bits per heavy atom. The van der Waals surface area contributed by atoms with E-state index < -0.39 is 17.6 Å². The van der Waals surface area contributed by atoms with Crippen molar-refractivity contribution in [1.29, 1.82) is 0 Å². The van der Waals surface area contributed by atoms with Gasteiger partial charge in [0.15, 0.2) is 5.82 Å². The van der Waals surface area contributed by atoms with Crippen molar-refractivity contribution in [3.63, 3.8) is 0 Å². The minimum absolute atomic E-state index is 0. The summed E-state index contributed by atoms with van der Waals surface area (Å²) in [5, 5.41) is 3.17. The molecule has 11 heteroatoms. The number of anilines is 1. The Hall–Kier alpha value is -3.21. The molecule has 0 spiro atoms. The van der Waals surface area contributed by atoms with E-state index in [1.54, 1.807) is 19.1 Å². The van der Waals surface area contributed by atoms with Gasteiger partial charge in [-0.1, -0.05) is 40.5 Å². The largest absolute Gasteiger partial charge is 0.492 e. The second kappa shape index (κ2) is 14.6. The Morgan fingerprint density at radius 2 is 1.85 bits per heavy atom. The monoisotopic (exact) mass is 580 g/mol. The maximum atomic E-state index is 15.2. The van der Waals surface area contributed by atoms with Gasteiger partial charge in [-0.2, -0.15) is 13.2 Å². The Labute approximate surface area is 241 Å². The van der Waals surface area contributed by atoms with Gasteiger partial charge in [0.25, 0.3) is 0 Å². The van der Waals surface area contributed by atoms with Crippen molar-refractivity contribution in [2.24, 2.45) is 0 Å². The molecule has 1 aliphatic heterocycles. The van der Waals surface area contributed by atoms with Gasteiger partial charge in [-0.25, -0.2) is 19.3 Å². The van der Waals surface area contributed by atoms with Crippen LogP contribution in [0, 0.1) is 12.7 Å². The normalized spacial score (nSPS) is 15.6. The number of alkyl halides is 3. The van der Waals surface area contributed by atoms with Crippen LogP contribution in [0.25, 0.3) is 17.1 Å². The number of hydrogen-bond acceptors (Lipinski definition) is 6. The Balaban J connectivity index is 0.00000201. The number of nitrogens with zero attached hydrogens (tertiary/aromatic N) is 5. The number of hydrogen-bond donors (Lipinski definition) is 1. The van der Waals surface area contributed by atoms with Gasteiger partial charge in [0.1, 0.15) is 35.1 Å². The number of likely N-dealkylation sites (tertiary alicyclic amines) is 1. The van der Waals surface area contributed by atoms with Crippen molar-refractivity contribution in [1.82, 2.24) is 24.4 Å². The molecule has 1 aromatic carbocycles. The first-order valence-corrected chi connectivity index (χ1v) is 14.5. The smallest absolute Gasteiger partial charge is 0.420 e. The fraction of sp³-hybridized carbons (Fsp3) is 0.567. The van der Waals surface area contributed by atoms with E-state index in [0.717, 1.165) is 51.3 Å². The van der Waals surface area contributed by atoms with Crippen LogP contribution in [0.3, 0.4) is 0 Å². The van der Waals surface area contributed by atoms with Crippen LogP contribution in [0.2, 0.25) is 0 Å². The summed E-state index contributed by atoms with van der Waals surface area (Å²) in [6.45, 7) is 11.2. The van der Waals surface area contributed by atoms with Gasteiger partial charge >= 0.3 is 6.18 Å². The first kappa shape index (κ1) is 32.3. The minimum atomic E-state index is -4.69. The third kappa shape index (κ3) is 8.18. The minimum Gasteiger partial charge on any atom is -0.492 e.